The van der Waals surface area contributed by atoms with Gasteiger partial charge in [0.2, 0.25) is 0 Å². The van der Waals surface area contributed by atoms with Crippen LogP contribution in [0.4, 0.5) is 0 Å². The van der Waals surface area contributed by atoms with Crippen molar-refractivity contribution in [2.75, 3.05) is 6.61 Å². The van der Waals surface area contributed by atoms with Crippen LogP contribution in [-0.2, 0) is 4.74 Å². The van der Waals surface area contributed by atoms with Gasteiger partial charge in [0.15, 0.2) is 0 Å². The van der Waals surface area contributed by atoms with Gasteiger partial charge in [-0.05, 0) is 46.1 Å². The van der Waals surface area contributed by atoms with Crippen LogP contribution in [0.15, 0.2) is 16.8 Å². The molecule has 1 rings (SSSR count). The minimum absolute atomic E-state index is 0.00991. The Labute approximate surface area is 87.1 Å². The van der Waals surface area contributed by atoms with Gasteiger partial charge in [-0.25, -0.2) is 0 Å². The highest BCUT2D eigenvalue weighted by molar-refractivity contribution is 5.99. The first kappa shape index (κ1) is 11.3. The van der Waals surface area contributed by atoms with E-state index in [9.17, 15) is 0 Å². The quantitative estimate of drug-likeness (QED) is 0.581. The van der Waals surface area contributed by atoms with E-state index in [-0.39, 0.29) is 5.54 Å². The third-order valence-electron chi connectivity index (χ3n) is 2.08. The molecular formula is C12H21NO. The number of hydrogen-bond donors (Lipinski definition) is 0. The lowest BCUT2D eigenvalue weighted by molar-refractivity contribution is 0.171. The molecular weight excluding hydrogens is 174 g/mol. The second-order valence-corrected chi connectivity index (χ2v) is 5.00. The zero-order valence-electron chi connectivity index (χ0n) is 9.92. The highest BCUT2D eigenvalue weighted by Crippen LogP contribution is 2.22. The van der Waals surface area contributed by atoms with Crippen LogP contribution in [0.3, 0.4) is 0 Å². The molecule has 0 aromatic carbocycles. The third kappa shape index (κ3) is 3.17. The Morgan fingerprint density at radius 3 is 2.57 bits per heavy atom. The lowest BCUT2D eigenvalue weighted by Gasteiger charge is -2.26. The molecule has 0 radical (unpaired) electrons. The van der Waals surface area contributed by atoms with E-state index in [2.05, 4.69) is 27.7 Å². The monoisotopic (exact) mass is 195 g/mol. The highest BCUT2D eigenvalue weighted by atomic mass is 16.5. The van der Waals surface area contributed by atoms with Crippen molar-refractivity contribution in [1.82, 2.24) is 0 Å². The molecule has 0 aromatic rings. The van der Waals surface area contributed by atoms with Gasteiger partial charge in [0.1, 0.15) is 5.76 Å². The maximum absolute atomic E-state index is 5.63. The van der Waals surface area contributed by atoms with Gasteiger partial charge in [0.25, 0.3) is 0 Å². The first-order valence-corrected chi connectivity index (χ1v) is 5.30. The first-order chi connectivity index (χ1) is 6.42. The fourth-order valence-corrected chi connectivity index (χ4v) is 1.56. The van der Waals surface area contributed by atoms with Gasteiger partial charge in [0.05, 0.1) is 17.9 Å². The minimum atomic E-state index is -0.00991. The molecule has 0 spiro atoms. The fraction of sp³-hybridized carbons (Fsp3) is 0.750. The van der Waals surface area contributed by atoms with Gasteiger partial charge >= 0.3 is 0 Å². The van der Waals surface area contributed by atoms with Crippen molar-refractivity contribution >= 4 is 5.71 Å². The molecule has 2 heteroatoms. The van der Waals surface area contributed by atoms with Gasteiger partial charge in [-0.2, -0.15) is 0 Å². The van der Waals surface area contributed by atoms with Gasteiger partial charge in [-0.3, -0.25) is 4.99 Å². The minimum Gasteiger partial charge on any atom is -0.492 e. The molecule has 80 valence electrons. The molecule has 0 amide bonds. The number of allylic oxidation sites excluding steroid dienone is 2. The molecule has 1 atom stereocenters. The lowest BCUT2D eigenvalue weighted by atomic mass is 9.99. The van der Waals surface area contributed by atoms with Crippen molar-refractivity contribution in [1.29, 1.82) is 0 Å². The number of aliphatic imine (C=N–C) groups is 1. The second kappa shape index (κ2) is 4.16. The normalized spacial score (nSPS) is 29.4. The van der Waals surface area contributed by atoms with Crippen LogP contribution in [0.25, 0.3) is 0 Å². The fourth-order valence-electron chi connectivity index (χ4n) is 1.56. The highest BCUT2D eigenvalue weighted by Gasteiger charge is 2.21. The topological polar surface area (TPSA) is 21.6 Å². The van der Waals surface area contributed by atoms with E-state index < -0.39 is 0 Å². The van der Waals surface area contributed by atoms with Gasteiger partial charge in [0, 0.05) is 0 Å². The van der Waals surface area contributed by atoms with E-state index in [0.717, 1.165) is 24.5 Å². The summed E-state index contributed by atoms with van der Waals surface area (Å²) in [5.74, 6) is 1.55. The van der Waals surface area contributed by atoms with Crippen LogP contribution in [-0.4, -0.2) is 17.9 Å². The van der Waals surface area contributed by atoms with Crippen LogP contribution in [0.1, 0.15) is 41.0 Å². The average molecular weight is 195 g/mol. The van der Waals surface area contributed by atoms with E-state index in [1.165, 1.54) is 0 Å². The predicted octanol–water partition coefficient (Wildman–Crippen LogP) is 3.19. The average Bonchev–Trinajstić information content (AvgIpc) is 2.01. The maximum Gasteiger partial charge on any atom is 0.136 e. The van der Waals surface area contributed by atoms with Crippen molar-refractivity contribution in [2.45, 2.75) is 46.6 Å². The summed E-state index contributed by atoms with van der Waals surface area (Å²) in [6.45, 7) is 11.4. The van der Waals surface area contributed by atoms with Crippen molar-refractivity contribution in [3.05, 3.63) is 11.8 Å². The molecule has 0 aromatic heterocycles. The summed E-state index contributed by atoms with van der Waals surface area (Å²) >= 11 is 0. The summed E-state index contributed by atoms with van der Waals surface area (Å²) in [6, 6.07) is 0. The van der Waals surface area contributed by atoms with Gasteiger partial charge in [-0.1, -0.05) is 6.92 Å². The Balaban J connectivity index is 2.87. The predicted molar refractivity (Wildman–Crippen MR) is 60.7 cm³/mol. The zero-order chi connectivity index (χ0) is 10.8. The number of ether oxygens (including phenoxy) is 1. The van der Waals surface area contributed by atoms with Crippen molar-refractivity contribution in [2.24, 2.45) is 10.9 Å². The molecule has 0 N–H and O–H groups in total. The Morgan fingerprint density at radius 1 is 1.43 bits per heavy atom. The molecule has 14 heavy (non-hydrogen) atoms. The van der Waals surface area contributed by atoms with E-state index in [1.807, 2.05) is 13.0 Å². The summed E-state index contributed by atoms with van der Waals surface area (Å²) in [5.41, 5.74) is 1.11. The van der Waals surface area contributed by atoms with Crippen molar-refractivity contribution in [3.63, 3.8) is 0 Å². The molecule has 1 aliphatic heterocycles. The summed E-state index contributed by atoms with van der Waals surface area (Å²) in [7, 11) is 0. The van der Waals surface area contributed by atoms with Crippen molar-refractivity contribution in [3.8, 4) is 0 Å². The van der Waals surface area contributed by atoms with E-state index >= 15 is 0 Å². The maximum atomic E-state index is 5.63. The van der Waals surface area contributed by atoms with E-state index in [1.54, 1.807) is 0 Å². The van der Waals surface area contributed by atoms with E-state index in [4.69, 9.17) is 9.73 Å². The molecule has 1 saturated heterocycles. The molecule has 1 aliphatic rings. The molecule has 1 heterocycles. The van der Waals surface area contributed by atoms with Crippen molar-refractivity contribution < 1.29 is 4.74 Å². The summed E-state index contributed by atoms with van der Waals surface area (Å²) < 4.78 is 5.63. The largest absolute Gasteiger partial charge is 0.492 e. The summed E-state index contributed by atoms with van der Waals surface area (Å²) in [6.07, 6.45) is 3.05. The molecule has 1 unspecified atom stereocenters. The van der Waals surface area contributed by atoms with Crippen LogP contribution < -0.4 is 0 Å². The van der Waals surface area contributed by atoms with Gasteiger partial charge in [-0.15, -0.1) is 0 Å². The lowest BCUT2D eigenvalue weighted by Crippen LogP contribution is -2.25. The Morgan fingerprint density at radius 2 is 2.07 bits per heavy atom. The van der Waals surface area contributed by atoms with Crippen LogP contribution in [0, 0.1) is 5.92 Å². The van der Waals surface area contributed by atoms with Crippen LogP contribution in [0.2, 0.25) is 0 Å². The Hall–Kier alpha value is -0.790. The number of nitrogens with zero attached hydrogens (tertiary/aromatic N) is 1. The standard InChI is InChI=1S/C12H21NO/c1-6-11-10(13-12(3,4)5)7-9(2)8-14-11/h6,9H,7-8H2,1-5H3/b11-6+,13-10-. The van der Waals surface area contributed by atoms with E-state index in [0.29, 0.717) is 5.92 Å². The third-order valence-corrected chi connectivity index (χ3v) is 2.08. The Bertz CT molecular complexity index is 258. The first-order valence-electron chi connectivity index (χ1n) is 5.30. The smallest absolute Gasteiger partial charge is 0.136 e. The molecule has 0 bridgehead atoms. The summed E-state index contributed by atoms with van der Waals surface area (Å²) in [5, 5.41) is 0. The van der Waals surface area contributed by atoms with Crippen LogP contribution >= 0.6 is 0 Å². The van der Waals surface area contributed by atoms with Crippen LogP contribution in [0.5, 0.6) is 0 Å². The molecule has 1 fully saturated rings. The summed E-state index contributed by atoms with van der Waals surface area (Å²) in [4.78, 5) is 4.69. The molecule has 2 nitrogen and oxygen atoms in total. The SMILES string of the molecule is C/C=C1/OCC(C)C/C1=N/C(C)(C)C. The molecule has 0 aliphatic carbocycles. The number of hydrogen-bond acceptors (Lipinski definition) is 2. The number of rotatable bonds is 0. The zero-order valence-corrected chi connectivity index (χ0v) is 9.92. The van der Waals surface area contributed by atoms with Gasteiger partial charge < -0.3 is 4.74 Å². The second-order valence-electron chi connectivity index (χ2n) is 5.00. The Kier molecular flexibility index (Phi) is 3.35. The molecule has 0 saturated carbocycles.